The van der Waals surface area contributed by atoms with Crippen LogP contribution in [-0.4, -0.2) is 33.9 Å². The Balaban J connectivity index is 1.70. The second-order valence-corrected chi connectivity index (χ2v) is 6.93. The molecule has 0 aliphatic rings. The minimum atomic E-state index is -0.557. The molecule has 0 atom stereocenters. The molecule has 3 rings (SSSR count). The van der Waals surface area contributed by atoms with E-state index in [4.69, 9.17) is 16.3 Å². The molecule has 156 valence electrons. The Hall–Kier alpha value is -3.46. The summed E-state index contributed by atoms with van der Waals surface area (Å²) < 4.78 is 20.2. The number of methoxy groups -OCH3 is 1. The van der Waals surface area contributed by atoms with E-state index in [1.165, 1.54) is 17.9 Å². The number of hydrogen-bond donors (Lipinski definition) is 2. The van der Waals surface area contributed by atoms with Gasteiger partial charge in [-0.3, -0.25) is 9.59 Å². The first-order chi connectivity index (χ1) is 14.3. The average molecular weight is 432 g/mol. The second kappa shape index (κ2) is 8.91. The van der Waals surface area contributed by atoms with Gasteiger partial charge in [-0.2, -0.15) is 0 Å². The molecule has 3 aromatic rings. The van der Waals surface area contributed by atoms with E-state index in [2.05, 4.69) is 20.9 Å². The predicted molar refractivity (Wildman–Crippen MR) is 110 cm³/mol. The van der Waals surface area contributed by atoms with Gasteiger partial charge in [-0.25, -0.2) is 9.07 Å². The SMILES string of the molecule is COc1ccc(Cl)cc1NC(=O)Cn1nnc(C(=O)Nc2ccc(C)c(F)c2)c1C. The van der Waals surface area contributed by atoms with E-state index in [0.717, 1.165) is 0 Å². The number of ether oxygens (including phenoxy) is 1. The maximum atomic E-state index is 13.7. The molecular weight excluding hydrogens is 413 g/mol. The topological polar surface area (TPSA) is 98.1 Å². The number of carbonyl (C=O) groups excluding carboxylic acids is 2. The number of hydrogen-bond acceptors (Lipinski definition) is 5. The molecule has 10 heteroatoms. The molecule has 30 heavy (non-hydrogen) atoms. The van der Waals surface area contributed by atoms with Crippen molar-refractivity contribution in [1.29, 1.82) is 0 Å². The van der Waals surface area contributed by atoms with Crippen molar-refractivity contribution in [1.82, 2.24) is 15.0 Å². The fraction of sp³-hybridized carbons (Fsp3) is 0.200. The molecule has 0 spiro atoms. The fourth-order valence-corrected chi connectivity index (χ4v) is 2.86. The summed E-state index contributed by atoms with van der Waals surface area (Å²) in [6.07, 6.45) is 0. The van der Waals surface area contributed by atoms with E-state index in [1.807, 2.05) is 0 Å². The van der Waals surface area contributed by atoms with Crippen molar-refractivity contribution in [3.05, 3.63) is 64.2 Å². The summed E-state index contributed by atoms with van der Waals surface area (Å²) in [6.45, 7) is 3.06. The van der Waals surface area contributed by atoms with E-state index in [-0.39, 0.29) is 12.2 Å². The van der Waals surface area contributed by atoms with Crippen LogP contribution in [0.3, 0.4) is 0 Å². The second-order valence-electron chi connectivity index (χ2n) is 6.49. The van der Waals surface area contributed by atoms with Gasteiger partial charge in [0.2, 0.25) is 5.91 Å². The Bertz CT molecular complexity index is 1120. The Labute approximate surface area is 177 Å². The van der Waals surface area contributed by atoms with Crippen LogP contribution < -0.4 is 15.4 Å². The first kappa shape index (κ1) is 21.3. The zero-order chi connectivity index (χ0) is 21.8. The number of amides is 2. The van der Waals surface area contributed by atoms with Crippen molar-refractivity contribution in [2.24, 2.45) is 0 Å². The van der Waals surface area contributed by atoms with Crippen LogP contribution in [0, 0.1) is 19.7 Å². The Morgan fingerprint density at radius 2 is 1.93 bits per heavy atom. The molecule has 2 N–H and O–H groups in total. The van der Waals surface area contributed by atoms with Gasteiger partial charge >= 0.3 is 0 Å². The van der Waals surface area contributed by atoms with Crippen LogP contribution in [0.4, 0.5) is 15.8 Å². The number of benzene rings is 2. The largest absolute Gasteiger partial charge is 0.495 e. The van der Waals surface area contributed by atoms with Gasteiger partial charge in [-0.1, -0.05) is 22.9 Å². The molecule has 2 aromatic carbocycles. The van der Waals surface area contributed by atoms with Crippen molar-refractivity contribution >= 4 is 34.8 Å². The van der Waals surface area contributed by atoms with Gasteiger partial charge in [0, 0.05) is 10.7 Å². The molecule has 2 amide bonds. The van der Waals surface area contributed by atoms with Crippen molar-refractivity contribution in [2.45, 2.75) is 20.4 Å². The number of carbonyl (C=O) groups is 2. The molecule has 0 aliphatic heterocycles. The van der Waals surface area contributed by atoms with Crippen LogP contribution in [0.5, 0.6) is 5.75 Å². The number of rotatable bonds is 6. The lowest BCUT2D eigenvalue weighted by atomic mass is 10.2. The van der Waals surface area contributed by atoms with Gasteiger partial charge in [0.05, 0.1) is 18.5 Å². The summed E-state index contributed by atoms with van der Waals surface area (Å²) in [5.74, 6) is -0.940. The van der Waals surface area contributed by atoms with Crippen molar-refractivity contribution in [2.75, 3.05) is 17.7 Å². The van der Waals surface area contributed by atoms with E-state index in [0.29, 0.717) is 33.4 Å². The summed E-state index contributed by atoms with van der Waals surface area (Å²) in [6, 6.07) is 9.20. The lowest BCUT2D eigenvalue weighted by Gasteiger charge is -2.11. The third-order valence-electron chi connectivity index (χ3n) is 4.36. The zero-order valence-electron chi connectivity index (χ0n) is 16.5. The highest BCUT2D eigenvalue weighted by atomic mass is 35.5. The van der Waals surface area contributed by atoms with Crippen molar-refractivity contribution in [3.8, 4) is 5.75 Å². The molecule has 1 aromatic heterocycles. The standard InChI is InChI=1S/C20H19ClFN5O3/c1-11-4-6-14(9-15(11)22)23-20(29)19-12(2)27(26-25-19)10-18(28)24-16-8-13(21)5-7-17(16)30-3/h4-9H,10H2,1-3H3,(H,23,29)(H,24,28). The van der Waals surface area contributed by atoms with Gasteiger partial charge < -0.3 is 15.4 Å². The van der Waals surface area contributed by atoms with E-state index < -0.39 is 17.6 Å². The number of nitrogens with zero attached hydrogens (tertiary/aromatic N) is 3. The third kappa shape index (κ3) is 4.74. The lowest BCUT2D eigenvalue weighted by Crippen LogP contribution is -2.21. The van der Waals surface area contributed by atoms with Crippen LogP contribution in [-0.2, 0) is 11.3 Å². The van der Waals surface area contributed by atoms with Gasteiger partial charge in [-0.15, -0.1) is 5.10 Å². The fourth-order valence-electron chi connectivity index (χ4n) is 2.68. The molecule has 0 saturated heterocycles. The summed E-state index contributed by atoms with van der Waals surface area (Å²) in [5, 5.41) is 13.4. The van der Waals surface area contributed by atoms with Gasteiger partial charge in [0.1, 0.15) is 18.1 Å². The Kier molecular flexibility index (Phi) is 6.31. The first-order valence-electron chi connectivity index (χ1n) is 8.89. The normalized spacial score (nSPS) is 10.6. The highest BCUT2D eigenvalue weighted by molar-refractivity contribution is 6.31. The highest BCUT2D eigenvalue weighted by Crippen LogP contribution is 2.27. The monoisotopic (exact) mass is 431 g/mol. The van der Waals surface area contributed by atoms with Crippen molar-refractivity contribution < 1.29 is 18.7 Å². The summed E-state index contributed by atoms with van der Waals surface area (Å²) in [7, 11) is 1.48. The first-order valence-corrected chi connectivity index (χ1v) is 9.27. The van der Waals surface area contributed by atoms with Gasteiger partial charge in [0.15, 0.2) is 5.69 Å². The molecule has 0 saturated carbocycles. The number of anilines is 2. The summed E-state index contributed by atoms with van der Waals surface area (Å²) in [4.78, 5) is 24.9. The van der Waals surface area contributed by atoms with Crippen LogP contribution in [0.2, 0.25) is 5.02 Å². The minimum Gasteiger partial charge on any atom is -0.495 e. The molecular formula is C20H19ClFN5O3. The van der Waals surface area contributed by atoms with Gasteiger partial charge in [-0.05, 0) is 49.7 Å². The van der Waals surface area contributed by atoms with Crippen LogP contribution in [0.1, 0.15) is 21.7 Å². The molecule has 0 unspecified atom stereocenters. The molecule has 1 heterocycles. The predicted octanol–water partition coefficient (Wildman–Crippen LogP) is 3.59. The zero-order valence-corrected chi connectivity index (χ0v) is 17.2. The number of aromatic nitrogens is 3. The third-order valence-corrected chi connectivity index (χ3v) is 4.59. The molecule has 0 bridgehead atoms. The minimum absolute atomic E-state index is 0.0316. The molecule has 0 aliphatic carbocycles. The quantitative estimate of drug-likeness (QED) is 0.621. The molecule has 0 fully saturated rings. The average Bonchev–Trinajstić information content (AvgIpc) is 3.05. The van der Waals surface area contributed by atoms with E-state index in [9.17, 15) is 14.0 Å². The lowest BCUT2D eigenvalue weighted by molar-refractivity contribution is -0.117. The number of nitrogens with one attached hydrogen (secondary N) is 2. The maximum absolute atomic E-state index is 13.7. The van der Waals surface area contributed by atoms with E-state index in [1.54, 1.807) is 44.2 Å². The Morgan fingerprint density at radius 1 is 1.17 bits per heavy atom. The van der Waals surface area contributed by atoms with E-state index >= 15 is 0 Å². The van der Waals surface area contributed by atoms with Crippen LogP contribution in [0.25, 0.3) is 0 Å². The molecule has 0 radical (unpaired) electrons. The van der Waals surface area contributed by atoms with Gasteiger partial charge in [0.25, 0.3) is 5.91 Å². The van der Waals surface area contributed by atoms with Crippen LogP contribution in [0.15, 0.2) is 36.4 Å². The summed E-state index contributed by atoms with van der Waals surface area (Å²) in [5.41, 5.74) is 1.59. The number of aryl methyl sites for hydroxylation is 1. The summed E-state index contributed by atoms with van der Waals surface area (Å²) >= 11 is 5.96. The van der Waals surface area contributed by atoms with Crippen LogP contribution >= 0.6 is 11.6 Å². The maximum Gasteiger partial charge on any atom is 0.278 e. The Morgan fingerprint density at radius 3 is 2.63 bits per heavy atom. The highest BCUT2D eigenvalue weighted by Gasteiger charge is 2.19. The number of halogens is 2. The smallest absolute Gasteiger partial charge is 0.278 e. The molecule has 8 nitrogen and oxygen atoms in total. The van der Waals surface area contributed by atoms with Crippen molar-refractivity contribution in [3.63, 3.8) is 0 Å².